The third-order valence-electron chi connectivity index (χ3n) is 9.86. The minimum absolute atomic E-state index is 0.264. The average molecular weight is 581 g/mol. The van der Waals surface area contributed by atoms with Gasteiger partial charge in [0.1, 0.15) is 0 Å². The van der Waals surface area contributed by atoms with Gasteiger partial charge in [0.15, 0.2) is 0 Å². The molecule has 1 spiro atoms. The van der Waals surface area contributed by atoms with Gasteiger partial charge in [-0.3, -0.25) is 0 Å². The fourth-order valence-corrected chi connectivity index (χ4v) is 7.65. The van der Waals surface area contributed by atoms with Crippen LogP contribution in [0.5, 0.6) is 0 Å². The van der Waals surface area contributed by atoms with Crippen LogP contribution >= 0.6 is 0 Å². The number of halogens is 1. The Morgan fingerprint density at radius 1 is 0.511 bits per heavy atom. The summed E-state index contributed by atoms with van der Waals surface area (Å²) >= 11 is 0. The Morgan fingerprint density at radius 2 is 0.933 bits per heavy atom. The van der Waals surface area contributed by atoms with Crippen LogP contribution in [0.4, 0.5) is 4.39 Å². The quantitative estimate of drug-likeness (QED) is 0.190. The lowest BCUT2D eigenvalue weighted by atomic mass is 9.70. The Bertz CT molecular complexity index is 2030. The van der Waals surface area contributed by atoms with E-state index < -0.39 is 5.41 Å². The van der Waals surface area contributed by atoms with Crippen LogP contribution in [0.15, 0.2) is 170 Å². The molecule has 0 bridgehead atoms. The summed E-state index contributed by atoms with van der Waals surface area (Å²) in [6.45, 7) is 2.27. The number of rotatable bonds is 5. The third-order valence-corrected chi connectivity index (χ3v) is 9.86. The molecule has 2 aliphatic carbocycles. The van der Waals surface area contributed by atoms with Gasteiger partial charge in [-0.15, -0.1) is 0 Å². The molecule has 45 heavy (non-hydrogen) atoms. The monoisotopic (exact) mass is 580 g/mol. The van der Waals surface area contributed by atoms with E-state index in [0.29, 0.717) is 5.57 Å². The first-order valence-corrected chi connectivity index (χ1v) is 15.8. The summed E-state index contributed by atoms with van der Waals surface area (Å²) in [6, 6.07) is 53.9. The molecule has 0 amide bonds. The summed E-state index contributed by atoms with van der Waals surface area (Å²) in [4.78, 5) is 0. The second-order valence-electron chi connectivity index (χ2n) is 12.2. The van der Waals surface area contributed by atoms with Crippen molar-refractivity contribution in [2.45, 2.75) is 24.7 Å². The molecule has 2 aliphatic rings. The minimum Gasteiger partial charge on any atom is -0.215 e. The second kappa shape index (κ2) is 11.0. The van der Waals surface area contributed by atoms with E-state index in [1.54, 1.807) is 0 Å². The maximum absolute atomic E-state index is 15.0. The molecular weight excluding hydrogens is 547 g/mol. The van der Waals surface area contributed by atoms with Crippen molar-refractivity contribution in [1.82, 2.24) is 0 Å². The van der Waals surface area contributed by atoms with Crippen molar-refractivity contribution in [3.63, 3.8) is 0 Å². The molecular formula is C44H33F. The molecule has 0 aliphatic heterocycles. The minimum atomic E-state index is -0.531. The Labute approximate surface area is 264 Å². The smallest absolute Gasteiger partial charge is 0.0948 e. The molecule has 6 aromatic rings. The van der Waals surface area contributed by atoms with Crippen LogP contribution < -0.4 is 0 Å². The predicted molar refractivity (Wildman–Crippen MR) is 186 cm³/mol. The van der Waals surface area contributed by atoms with Gasteiger partial charge in [0.2, 0.25) is 0 Å². The molecule has 0 N–H and O–H groups in total. The highest BCUT2D eigenvalue weighted by atomic mass is 19.1. The molecule has 0 aromatic heterocycles. The highest BCUT2D eigenvalue weighted by Gasteiger charge is 2.53. The van der Waals surface area contributed by atoms with Crippen LogP contribution in [-0.4, -0.2) is 0 Å². The lowest BCUT2D eigenvalue weighted by Gasteiger charge is -2.31. The molecule has 0 fully saturated rings. The van der Waals surface area contributed by atoms with Gasteiger partial charge in [0.05, 0.1) is 11.7 Å². The molecule has 1 heteroatoms. The van der Waals surface area contributed by atoms with Crippen LogP contribution in [0.3, 0.4) is 0 Å². The van der Waals surface area contributed by atoms with Gasteiger partial charge < -0.3 is 0 Å². The number of benzene rings is 6. The highest BCUT2D eigenvalue weighted by molar-refractivity contribution is 5.99. The van der Waals surface area contributed by atoms with Crippen molar-refractivity contribution >= 4 is 5.57 Å². The summed E-state index contributed by atoms with van der Waals surface area (Å²) in [7, 11) is 0. The van der Waals surface area contributed by atoms with Crippen LogP contribution in [0, 0.1) is 0 Å². The second-order valence-corrected chi connectivity index (χ2v) is 12.2. The average Bonchev–Trinajstić information content (AvgIpc) is 3.57. The predicted octanol–water partition coefficient (Wildman–Crippen LogP) is 11.8. The summed E-state index contributed by atoms with van der Waals surface area (Å²) in [6.07, 6.45) is 3.94. The summed E-state index contributed by atoms with van der Waals surface area (Å²) in [5, 5.41) is 0. The lowest BCUT2D eigenvalue weighted by molar-refractivity contribution is 0.718. The standard InChI is InChI=1S/C44H33F/c1-30(31-20-22-34(23-21-31)35-26-24-33(25-27-35)32-11-3-2-4-12-32)19-28-43-39(29-45)38-15-7-10-18-42(38)44(43)40-16-8-5-13-36(40)37-14-6-9-17-41(37)44/h2-18,20-30H,19H2,1H3/b39-29-,43-28?. The van der Waals surface area contributed by atoms with Crippen molar-refractivity contribution in [3.05, 3.63) is 197 Å². The number of allylic oxidation sites excluding steroid dienone is 3. The van der Waals surface area contributed by atoms with E-state index in [1.807, 2.05) is 12.1 Å². The van der Waals surface area contributed by atoms with Crippen molar-refractivity contribution in [1.29, 1.82) is 0 Å². The van der Waals surface area contributed by atoms with E-state index in [9.17, 15) is 4.39 Å². The van der Waals surface area contributed by atoms with Crippen LogP contribution in [0.2, 0.25) is 0 Å². The number of fused-ring (bicyclic) bond motifs is 7. The fourth-order valence-electron chi connectivity index (χ4n) is 7.65. The van der Waals surface area contributed by atoms with Crippen molar-refractivity contribution < 1.29 is 4.39 Å². The zero-order valence-electron chi connectivity index (χ0n) is 25.3. The molecule has 1 atom stereocenters. The maximum atomic E-state index is 15.0. The van der Waals surface area contributed by atoms with Crippen molar-refractivity contribution in [2.24, 2.45) is 0 Å². The van der Waals surface area contributed by atoms with Gasteiger partial charge in [-0.25, -0.2) is 4.39 Å². The molecule has 0 saturated heterocycles. The van der Waals surface area contributed by atoms with Crippen LogP contribution in [-0.2, 0) is 5.41 Å². The Kier molecular flexibility index (Phi) is 6.68. The normalized spacial score (nSPS) is 16.5. The van der Waals surface area contributed by atoms with Gasteiger partial charge in [0.25, 0.3) is 0 Å². The fraction of sp³-hybridized carbons (Fsp3) is 0.0909. The van der Waals surface area contributed by atoms with E-state index in [4.69, 9.17) is 0 Å². The SMILES string of the molecule is CC(CC=C1/C(=C\F)c2ccccc2C12c1ccccc1-c1ccccc12)c1ccc(-c2ccc(-c3ccccc3)cc2)cc1. The largest absolute Gasteiger partial charge is 0.215 e. The summed E-state index contributed by atoms with van der Waals surface area (Å²) in [5.41, 5.74) is 14.4. The molecule has 0 nitrogen and oxygen atoms in total. The Balaban J connectivity index is 1.14. The van der Waals surface area contributed by atoms with Crippen molar-refractivity contribution in [2.75, 3.05) is 0 Å². The maximum Gasteiger partial charge on any atom is 0.0948 e. The zero-order chi connectivity index (χ0) is 30.4. The molecule has 6 aromatic carbocycles. The van der Waals surface area contributed by atoms with E-state index >= 15 is 0 Å². The number of hydrogen-bond donors (Lipinski definition) is 0. The molecule has 0 heterocycles. The van der Waals surface area contributed by atoms with E-state index in [0.717, 1.165) is 29.5 Å². The summed E-state index contributed by atoms with van der Waals surface area (Å²) in [5.74, 6) is 0.264. The first-order chi connectivity index (χ1) is 22.2. The Hall–Kier alpha value is -5.27. The van der Waals surface area contributed by atoms with Gasteiger partial charge in [-0.2, -0.15) is 0 Å². The summed E-state index contributed by atoms with van der Waals surface area (Å²) < 4.78 is 15.0. The van der Waals surface area contributed by atoms with Crippen LogP contribution in [0.25, 0.3) is 39.0 Å². The van der Waals surface area contributed by atoms with Crippen molar-refractivity contribution in [3.8, 4) is 33.4 Å². The first-order valence-electron chi connectivity index (χ1n) is 15.8. The van der Waals surface area contributed by atoms with Gasteiger partial charge >= 0.3 is 0 Å². The van der Waals surface area contributed by atoms with E-state index in [-0.39, 0.29) is 5.92 Å². The zero-order valence-corrected chi connectivity index (χ0v) is 25.3. The van der Waals surface area contributed by atoms with Gasteiger partial charge in [0, 0.05) is 5.57 Å². The topological polar surface area (TPSA) is 0 Å². The third kappa shape index (κ3) is 4.26. The molecule has 0 saturated carbocycles. The van der Waals surface area contributed by atoms with E-state index in [1.165, 1.54) is 50.1 Å². The molecule has 1 unspecified atom stereocenters. The first kappa shape index (κ1) is 27.3. The molecule has 216 valence electrons. The number of hydrogen-bond acceptors (Lipinski definition) is 0. The van der Waals surface area contributed by atoms with Crippen LogP contribution in [0.1, 0.15) is 47.1 Å². The lowest BCUT2D eigenvalue weighted by Crippen LogP contribution is -2.26. The Morgan fingerprint density at radius 3 is 1.47 bits per heavy atom. The van der Waals surface area contributed by atoms with Gasteiger partial charge in [-0.1, -0.05) is 165 Å². The molecule has 0 radical (unpaired) electrons. The van der Waals surface area contributed by atoms with Gasteiger partial charge in [-0.05, 0) is 79.1 Å². The van der Waals surface area contributed by atoms with E-state index in [2.05, 4.69) is 153 Å². The molecule has 8 rings (SSSR count). The highest BCUT2D eigenvalue weighted by Crippen LogP contribution is 2.63.